The van der Waals surface area contributed by atoms with E-state index in [-0.39, 0.29) is 23.8 Å². The molecule has 9 heteroatoms. The standard InChI is InChI=1S/C24H22ClN3O5/c1-13-5-6-17(25)11-20(13)28-14(2)9-16(15(28)3)10-19-22(29)27(24(31)26-19)12-18-7-8-21(33-18)23(30)32-4/h5-11H,12H2,1-4H3,(H,26,31)/b19-10-. The van der Waals surface area contributed by atoms with Crippen molar-refractivity contribution >= 4 is 35.6 Å². The number of carbonyl (C=O) groups is 3. The molecule has 2 aromatic heterocycles. The fourth-order valence-corrected chi connectivity index (χ4v) is 3.99. The molecule has 1 fully saturated rings. The normalized spacial score (nSPS) is 14.8. The van der Waals surface area contributed by atoms with Gasteiger partial charge in [0.2, 0.25) is 5.76 Å². The van der Waals surface area contributed by atoms with Gasteiger partial charge in [-0.1, -0.05) is 17.7 Å². The van der Waals surface area contributed by atoms with E-state index >= 15 is 0 Å². The maximum atomic E-state index is 12.9. The highest BCUT2D eigenvalue weighted by Gasteiger charge is 2.34. The highest BCUT2D eigenvalue weighted by Crippen LogP contribution is 2.28. The van der Waals surface area contributed by atoms with Crippen molar-refractivity contribution in [1.82, 2.24) is 14.8 Å². The zero-order valence-electron chi connectivity index (χ0n) is 18.6. The molecule has 1 aliphatic heterocycles. The first kappa shape index (κ1) is 22.4. The first-order valence-electron chi connectivity index (χ1n) is 10.2. The van der Waals surface area contributed by atoms with E-state index in [1.165, 1.54) is 19.2 Å². The average molecular weight is 468 g/mol. The van der Waals surface area contributed by atoms with Gasteiger partial charge in [-0.15, -0.1) is 0 Å². The summed E-state index contributed by atoms with van der Waals surface area (Å²) >= 11 is 6.20. The van der Waals surface area contributed by atoms with Crippen molar-refractivity contribution in [3.8, 4) is 5.69 Å². The number of methoxy groups -OCH3 is 1. The van der Waals surface area contributed by atoms with E-state index in [0.29, 0.717) is 5.02 Å². The lowest BCUT2D eigenvalue weighted by molar-refractivity contribution is -0.123. The number of aromatic nitrogens is 1. The van der Waals surface area contributed by atoms with Crippen molar-refractivity contribution in [3.63, 3.8) is 0 Å². The fraction of sp³-hybridized carbons (Fsp3) is 0.208. The molecule has 0 atom stereocenters. The van der Waals surface area contributed by atoms with Crippen molar-refractivity contribution in [1.29, 1.82) is 0 Å². The van der Waals surface area contributed by atoms with Crippen molar-refractivity contribution in [3.05, 3.63) is 81.2 Å². The lowest BCUT2D eigenvalue weighted by Gasteiger charge is -2.13. The summed E-state index contributed by atoms with van der Waals surface area (Å²) in [6.45, 7) is 5.80. The van der Waals surface area contributed by atoms with Crippen LogP contribution in [0.3, 0.4) is 0 Å². The summed E-state index contributed by atoms with van der Waals surface area (Å²) in [5.74, 6) is -0.835. The maximum Gasteiger partial charge on any atom is 0.373 e. The van der Waals surface area contributed by atoms with Gasteiger partial charge in [0.15, 0.2) is 0 Å². The van der Waals surface area contributed by atoms with Crippen molar-refractivity contribution in [2.45, 2.75) is 27.3 Å². The molecule has 0 unspecified atom stereocenters. The Hall–Kier alpha value is -3.78. The molecule has 0 bridgehead atoms. The van der Waals surface area contributed by atoms with Crippen LogP contribution in [0.1, 0.15) is 38.8 Å². The predicted octanol–water partition coefficient (Wildman–Crippen LogP) is 4.53. The van der Waals surface area contributed by atoms with Gasteiger partial charge in [0, 0.05) is 22.1 Å². The molecule has 0 spiro atoms. The third-order valence-electron chi connectivity index (χ3n) is 5.51. The molecule has 170 valence electrons. The second kappa shape index (κ2) is 8.63. The minimum atomic E-state index is -0.635. The number of aryl methyl sites for hydroxylation is 2. The molecule has 1 N–H and O–H groups in total. The molecule has 0 radical (unpaired) electrons. The Bertz CT molecular complexity index is 1320. The molecule has 1 aliphatic rings. The molecule has 0 saturated carbocycles. The number of halogens is 1. The van der Waals surface area contributed by atoms with Gasteiger partial charge in [-0.2, -0.15) is 0 Å². The smallest absolute Gasteiger partial charge is 0.373 e. The molecule has 33 heavy (non-hydrogen) atoms. The summed E-state index contributed by atoms with van der Waals surface area (Å²) in [5, 5.41) is 3.24. The number of carbonyl (C=O) groups excluding carboxylic acids is 3. The van der Waals surface area contributed by atoms with Gasteiger partial charge in [0.1, 0.15) is 11.5 Å². The van der Waals surface area contributed by atoms with Gasteiger partial charge in [-0.05, 0) is 68.3 Å². The molecule has 1 aromatic carbocycles. The van der Waals surface area contributed by atoms with E-state index in [2.05, 4.69) is 14.6 Å². The van der Waals surface area contributed by atoms with E-state index in [4.69, 9.17) is 16.0 Å². The second-order valence-electron chi connectivity index (χ2n) is 7.73. The minimum absolute atomic E-state index is 0.000863. The van der Waals surface area contributed by atoms with Crippen LogP contribution in [-0.2, 0) is 16.1 Å². The topological polar surface area (TPSA) is 93.8 Å². The van der Waals surface area contributed by atoms with Crippen molar-refractivity contribution in [2.75, 3.05) is 7.11 Å². The molecule has 3 amide bonds. The number of nitrogens with one attached hydrogen (secondary N) is 1. The molecule has 8 nitrogen and oxygen atoms in total. The Labute approximate surface area is 195 Å². The Morgan fingerprint density at radius 2 is 1.91 bits per heavy atom. The number of nitrogens with zero attached hydrogens (tertiary/aromatic N) is 2. The van der Waals surface area contributed by atoms with E-state index < -0.39 is 17.9 Å². The van der Waals surface area contributed by atoms with Crippen LogP contribution in [0.5, 0.6) is 0 Å². The first-order chi connectivity index (χ1) is 15.7. The van der Waals surface area contributed by atoms with Gasteiger partial charge in [0.05, 0.1) is 13.7 Å². The zero-order chi connectivity index (χ0) is 23.9. The molecule has 3 aromatic rings. The molecule has 0 aliphatic carbocycles. The zero-order valence-corrected chi connectivity index (χ0v) is 19.3. The molecule has 3 heterocycles. The predicted molar refractivity (Wildman–Crippen MR) is 122 cm³/mol. The number of imide groups is 1. The van der Waals surface area contributed by atoms with E-state index in [1.807, 2.05) is 45.0 Å². The number of furan rings is 1. The first-order valence-corrected chi connectivity index (χ1v) is 10.5. The van der Waals surface area contributed by atoms with Crippen LogP contribution >= 0.6 is 11.6 Å². The Kier molecular flexibility index (Phi) is 5.86. The van der Waals surface area contributed by atoms with Crippen LogP contribution in [0.4, 0.5) is 4.79 Å². The summed E-state index contributed by atoms with van der Waals surface area (Å²) in [4.78, 5) is 37.9. The number of hydrogen-bond acceptors (Lipinski definition) is 5. The van der Waals surface area contributed by atoms with E-state index in [1.54, 1.807) is 6.08 Å². The summed E-state index contributed by atoms with van der Waals surface area (Å²) in [6.07, 6.45) is 1.65. The van der Waals surface area contributed by atoms with E-state index in [0.717, 1.165) is 33.1 Å². The number of hydrogen-bond donors (Lipinski definition) is 1. The molecule has 1 saturated heterocycles. The van der Waals surface area contributed by atoms with E-state index in [9.17, 15) is 14.4 Å². The highest BCUT2D eigenvalue weighted by molar-refractivity contribution is 6.30. The maximum absolute atomic E-state index is 12.9. The third kappa shape index (κ3) is 4.17. The number of rotatable bonds is 5. The monoisotopic (exact) mass is 467 g/mol. The summed E-state index contributed by atoms with van der Waals surface area (Å²) < 4.78 is 12.0. The van der Waals surface area contributed by atoms with Gasteiger partial charge >= 0.3 is 12.0 Å². The van der Waals surface area contributed by atoms with Crippen molar-refractivity contribution < 1.29 is 23.5 Å². The van der Waals surface area contributed by atoms with Gasteiger partial charge < -0.3 is 19.0 Å². The summed E-state index contributed by atoms with van der Waals surface area (Å²) in [7, 11) is 1.24. The Balaban J connectivity index is 1.61. The molecule has 4 rings (SSSR count). The Morgan fingerprint density at radius 3 is 2.64 bits per heavy atom. The number of urea groups is 1. The number of ether oxygens (including phenoxy) is 1. The van der Waals surface area contributed by atoms with Crippen LogP contribution in [-0.4, -0.2) is 34.5 Å². The average Bonchev–Trinajstić information content (AvgIpc) is 3.43. The molecular formula is C24H22ClN3O5. The number of benzene rings is 1. The summed E-state index contributed by atoms with van der Waals surface area (Å²) in [5.41, 5.74) is 4.82. The third-order valence-corrected chi connectivity index (χ3v) is 5.74. The van der Waals surface area contributed by atoms with Crippen LogP contribution in [0.2, 0.25) is 5.02 Å². The van der Waals surface area contributed by atoms with Gasteiger partial charge in [-0.25, -0.2) is 9.59 Å². The number of esters is 1. The van der Waals surface area contributed by atoms with Gasteiger partial charge in [-0.3, -0.25) is 9.69 Å². The van der Waals surface area contributed by atoms with Crippen LogP contribution in [0, 0.1) is 20.8 Å². The number of amides is 3. The lowest BCUT2D eigenvalue weighted by Crippen LogP contribution is -2.30. The largest absolute Gasteiger partial charge is 0.463 e. The van der Waals surface area contributed by atoms with Crippen molar-refractivity contribution in [2.24, 2.45) is 0 Å². The lowest BCUT2D eigenvalue weighted by atomic mass is 10.2. The van der Waals surface area contributed by atoms with Crippen LogP contribution < -0.4 is 5.32 Å². The molecular weight excluding hydrogens is 446 g/mol. The quantitative estimate of drug-likeness (QED) is 0.338. The fourth-order valence-electron chi connectivity index (χ4n) is 3.83. The van der Waals surface area contributed by atoms with Gasteiger partial charge in [0.25, 0.3) is 5.91 Å². The highest BCUT2D eigenvalue weighted by atomic mass is 35.5. The Morgan fingerprint density at radius 1 is 1.15 bits per heavy atom. The second-order valence-corrected chi connectivity index (χ2v) is 8.17. The summed E-state index contributed by atoms with van der Waals surface area (Å²) in [6, 6.07) is 10.0. The van der Waals surface area contributed by atoms with Crippen LogP contribution in [0.15, 0.2) is 46.5 Å². The van der Waals surface area contributed by atoms with Crippen LogP contribution in [0.25, 0.3) is 11.8 Å². The minimum Gasteiger partial charge on any atom is -0.463 e. The SMILES string of the molecule is COC(=O)c1ccc(CN2C(=O)N/C(=C\c3cc(C)n(-c4cc(Cl)ccc4C)c3C)C2=O)o1.